The molecular weight excluding hydrogens is 296 g/mol. The quantitative estimate of drug-likeness (QED) is 0.898. The average Bonchev–Trinajstić information content (AvgIpc) is 2.80. The molecule has 4 nitrogen and oxygen atoms in total. The molecule has 1 aromatic carbocycles. The molecule has 2 N–H and O–H groups in total. The van der Waals surface area contributed by atoms with Crippen molar-refractivity contribution in [1.82, 2.24) is 4.98 Å². The molecule has 1 heterocycles. The van der Waals surface area contributed by atoms with Crippen LogP contribution < -0.4 is 5.32 Å². The fourth-order valence-electron chi connectivity index (χ4n) is 2.40. The molecule has 6 heteroatoms. The molecule has 0 spiro atoms. The molecule has 0 bridgehead atoms. The van der Waals surface area contributed by atoms with Crippen LogP contribution >= 0.6 is 22.9 Å². The molecule has 1 aliphatic carbocycles. The van der Waals surface area contributed by atoms with E-state index < -0.39 is 11.9 Å². The van der Waals surface area contributed by atoms with Gasteiger partial charge in [0.1, 0.15) is 5.92 Å². The van der Waals surface area contributed by atoms with Crippen molar-refractivity contribution >= 4 is 39.7 Å². The predicted octanol–water partition coefficient (Wildman–Crippen LogP) is 4.04. The van der Waals surface area contributed by atoms with Crippen molar-refractivity contribution in [3.63, 3.8) is 0 Å². The maximum absolute atomic E-state index is 11.3. The van der Waals surface area contributed by atoms with Crippen LogP contribution in [0, 0.1) is 0 Å². The van der Waals surface area contributed by atoms with E-state index in [4.69, 9.17) is 11.6 Å². The summed E-state index contributed by atoms with van der Waals surface area (Å²) < 4.78 is 0. The smallest absolute Gasteiger partial charge is 0.312 e. The minimum Gasteiger partial charge on any atom is -0.481 e. The van der Waals surface area contributed by atoms with Gasteiger partial charge < -0.3 is 10.4 Å². The van der Waals surface area contributed by atoms with Crippen LogP contribution in [0.2, 0.25) is 5.02 Å². The highest BCUT2D eigenvalue weighted by atomic mass is 35.5. The van der Waals surface area contributed by atoms with Gasteiger partial charge in [0.2, 0.25) is 0 Å². The highest BCUT2D eigenvalue weighted by molar-refractivity contribution is 7.15. The summed E-state index contributed by atoms with van der Waals surface area (Å²) in [7, 11) is 0. The van der Waals surface area contributed by atoms with Crippen molar-refractivity contribution in [1.29, 1.82) is 0 Å². The van der Waals surface area contributed by atoms with Crippen LogP contribution in [0.3, 0.4) is 0 Å². The fraction of sp³-hybridized carbons (Fsp3) is 0.286. The molecule has 0 amide bonds. The first kappa shape index (κ1) is 13.4. The molecule has 0 aliphatic heterocycles. The fourth-order valence-corrected chi connectivity index (χ4v) is 3.68. The Bertz CT molecular complexity index is 656. The average molecular weight is 309 g/mol. The minimum atomic E-state index is -0.787. The number of halogens is 1. The number of carbonyl (C=O) groups is 1. The predicted molar refractivity (Wildman–Crippen MR) is 80.2 cm³/mol. The summed E-state index contributed by atoms with van der Waals surface area (Å²) >= 11 is 7.47. The zero-order valence-electron chi connectivity index (χ0n) is 10.6. The van der Waals surface area contributed by atoms with Crippen LogP contribution in [0.15, 0.2) is 24.3 Å². The molecule has 0 saturated carbocycles. The van der Waals surface area contributed by atoms with Gasteiger partial charge in [-0.05, 0) is 37.5 Å². The lowest BCUT2D eigenvalue weighted by atomic mass is 9.91. The van der Waals surface area contributed by atoms with Crippen molar-refractivity contribution in [2.75, 3.05) is 5.32 Å². The lowest BCUT2D eigenvalue weighted by molar-refractivity contribution is -0.139. The number of hydrogen-bond donors (Lipinski definition) is 2. The van der Waals surface area contributed by atoms with E-state index in [1.165, 1.54) is 11.3 Å². The lowest BCUT2D eigenvalue weighted by Gasteiger charge is -2.16. The van der Waals surface area contributed by atoms with Crippen LogP contribution in [-0.2, 0) is 11.2 Å². The summed E-state index contributed by atoms with van der Waals surface area (Å²) in [6.45, 7) is 0. The SMILES string of the molecule is O=C(O)C1CCCc2sc(Nc3cccc(Cl)c3)nc21. The third-order valence-electron chi connectivity index (χ3n) is 3.33. The second kappa shape index (κ2) is 5.42. The van der Waals surface area contributed by atoms with Crippen LogP contribution in [0.4, 0.5) is 10.8 Å². The van der Waals surface area contributed by atoms with Gasteiger partial charge in [0.05, 0.1) is 5.69 Å². The summed E-state index contributed by atoms with van der Waals surface area (Å²) in [6, 6.07) is 7.38. The van der Waals surface area contributed by atoms with Gasteiger partial charge in [-0.1, -0.05) is 17.7 Å². The summed E-state index contributed by atoms with van der Waals surface area (Å²) in [4.78, 5) is 16.8. The van der Waals surface area contributed by atoms with E-state index in [2.05, 4.69) is 10.3 Å². The second-order valence-electron chi connectivity index (χ2n) is 4.75. The molecule has 1 atom stereocenters. The summed E-state index contributed by atoms with van der Waals surface area (Å²) in [5.41, 5.74) is 1.58. The molecule has 1 aliphatic rings. The highest BCUT2D eigenvalue weighted by Crippen LogP contribution is 2.37. The van der Waals surface area contributed by atoms with Crippen molar-refractivity contribution in [2.45, 2.75) is 25.2 Å². The molecular formula is C14H13ClN2O2S. The number of aryl methyl sites for hydroxylation is 1. The first-order valence-corrected chi connectivity index (χ1v) is 7.58. The number of nitrogens with zero attached hydrogens (tertiary/aromatic N) is 1. The van der Waals surface area contributed by atoms with Crippen LogP contribution in [0.1, 0.15) is 29.3 Å². The number of fused-ring (bicyclic) bond motifs is 1. The van der Waals surface area contributed by atoms with E-state index >= 15 is 0 Å². The zero-order chi connectivity index (χ0) is 14.1. The van der Waals surface area contributed by atoms with Gasteiger partial charge in [0, 0.05) is 15.6 Å². The van der Waals surface area contributed by atoms with Gasteiger partial charge >= 0.3 is 5.97 Å². The van der Waals surface area contributed by atoms with Crippen molar-refractivity contribution in [3.8, 4) is 0 Å². The maximum atomic E-state index is 11.3. The Labute approximate surface area is 125 Å². The van der Waals surface area contributed by atoms with E-state index in [-0.39, 0.29) is 0 Å². The molecule has 0 saturated heterocycles. The van der Waals surface area contributed by atoms with Crippen LogP contribution in [-0.4, -0.2) is 16.1 Å². The summed E-state index contributed by atoms with van der Waals surface area (Å²) in [6.07, 6.45) is 2.49. The number of carboxylic acids is 1. The Morgan fingerprint density at radius 2 is 2.35 bits per heavy atom. The van der Waals surface area contributed by atoms with Gasteiger partial charge in [-0.15, -0.1) is 11.3 Å². The molecule has 3 rings (SSSR count). The Kier molecular flexibility index (Phi) is 3.63. The highest BCUT2D eigenvalue weighted by Gasteiger charge is 2.29. The van der Waals surface area contributed by atoms with Gasteiger partial charge in [-0.25, -0.2) is 4.98 Å². The number of anilines is 2. The summed E-state index contributed by atoms with van der Waals surface area (Å²) in [5, 5.41) is 13.8. The molecule has 1 unspecified atom stereocenters. The number of hydrogen-bond acceptors (Lipinski definition) is 4. The number of nitrogens with one attached hydrogen (secondary N) is 1. The van der Waals surface area contributed by atoms with Gasteiger partial charge in [0.25, 0.3) is 0 Å². The molecule has 0 radical (unpaired) electrons. The third kappa shape index (κ3) is 2.64. The van der Waals surface area contributed by atoms with E-state index in [9.17, 15) is 9.90 Å². The third-order valence-corrected chi connectivity index (χ3v) is 4.61. The molecule has 104 valence electrons. The van der Waals surface area contributed by atoms with Gasteiger partial charge in [0.15, 0.2) is 5.13 Å². The molecule has 2 aromatic rings. The van der Waals surface area contributed by atoms with Crippen molar-refractivity contribution in [3.05, 3.63) is 39.9 Å². The maximum Gasteiger partial charge on any atom is 0.312 e. The lowest BCUT2D eigenvalue weighted by Crippen LogP contribution is -2.17. The van der Waals surface area contributed by atoms with Crippen LogP contribution in [0.25, 0.3) is 0 Å². The number of carboxylic acid groups (broad SMARTS) is 1. The minimum absolute atomic E-state index is 0.468. The van der Waals surface area contributed by atoms with Gasteiger partial charge in [-0.2, -0.15) is 0 Å². The monoisotopic (exact) mass is 308 g/mol. The zero-order valence-corrected chi connectivity index (χ0v) is 12.2. The number of thiazole rings is 1. The first-order valence-electron chi connectivity index (χ1n) is 6.38. The Morgan fingerprint density at radius 3 is 3.10 bits per heavy atom. The van der Waals surface area contributed by atoms with E-state index in [1.54, 1.807) is 6.07 Å². The standard InChI is InChI=1S/C14H13ClN2O2S/c15-8-3-1-4-9(7-8)16-14-17-12-10(13(18)19)5-2-6-11(12)20-14/h1,3-4,7,10H,2,5-6H2,(H,16,17)(H,18,19). The largest absolute Gasteiger partial charge is 0.481 e. The first-order chi connectivity index (χ1) is 9.63. The number of aromatic nitrogens is 1. The number of benzene rings is 1. The van der Waals surface area contributed by atoms with Gasteiger partial charge in [-0.3, -0.25) is 4.79 Å². The molecule has 0 fully saturated rings. The van der Waals surface area contributed by atoms with E-state index in [0.29, 0.717) is 11.4 Å². The normalized spacial score (nSPS) is 17.6. The number of aliphatic carboxylic acids is 1. The van der Waals surface area contributed by atoms with Crippen molar-refractivity contribution in [2.24, 2.45) is 0 Å². The van der Waals surface area contributed by atoms with E-state index in [1.807, 2.05) is 18.2 Å². The van der Waals surface area contributed by atoms with Crippen LogP contribution in [0.5, 0.6) is 0 Å². The molecule has 1 aromatic heterocycles. The van der Waals surface area contributed by atoms with Crippen molar-refractivity contribution < 1.29 is 9.90 Å². The Balaban J connectivity index is 1.87. The Morgan fingerprint density at radius 1 is 1.50 bits per heavy atom. The topological polar surface area (TPSA) is 62.2 Å². The summed E-state index contributed by atoms with van der Waals surface area (Å²) in [5.74, 6) is -1.25. The molecule has 20 heavy (non-hydrogen) atoms. The number of rotatable bonds is 3. The Hall–Kier alpha value is -1.59. The van der Waals surface area contributed by atoms with E-state index in [0.717, 1.165) is 34.2 Å². The second-order valence-corrected chi connectivity index (χ2v) is 6.27.